The molecule has 4 atom stereocenters. The molecular formula is C32H32N6O3S. The zero-order valence-electron chi connectivity index (χ0n) is 22.9. The Balaban J connectivity index is 1.40. The summed E-state index contributed by atoms with van der Waals surface area (Å²) in [4.78, 5) is 44.5. The summed E-state index contributed by atoms with van der Waals surface area (Å²) in [5, 5.41) is 6.69. The maximum absolute atomic E-state index is 14.1. The minimum absolute atomic E-state index is 0.0552. The Hall–Kier alpha value is -4.38. The van der Waals surface area contributed by atoms with Crippen LogP contribution in [0.2, 0.25) is 0 Å². The third-order valence-electron chi connectivity index (χ3n) is 8.35. The quantitative estimate of drug-likeness (QED) is 0.171. The topological polar surface area (TPSA) is 166 Å². The van der Waals surface area contributed by atoms with Gasteiger partial charge in [-0.3, -0.25) is 19.4 Å². The summed E-state index contributed by atoms with van der Waals surface area (Å²) in [6.45, 7) is 3.51. The average Bonchev–Trinajstić information content (AvgIpc) is 3.42. The first-order valence-electron chi connectivity index (χ1n) is 13.9. The Morgan fingerprint density at radius 1 is 1.07 bits per heavy atom. The Morgan fingerprint density at radius 2 is 1.81 bits per heavy atom. The number of benzene rings is 2. The molecule has 42 heavy (non-hydrogen) atoms. The van der Waals surface area contributed by atoms with Gasteiger partial charge in [0.05, 0.1) is 21.3 Å². The highest BCUT2D eigenvalue weighted by atomic mass is 32.1. The summed E-state index contributed by atoms with van der Waals surface area (Å²) < 4.78 is 0.669. The number of aromatic nitrogens is 1. The molecule has 2 aromatic carbocycles. The Bertz CT molecular complexity index is 1740. The SMILES string of the molecule is C=CC(=O)N[C@H]1CCC[C@@H](NC(=O)c2sc3c(N)ccc4c3c2C(N)C(=O)C4(N)c2ccnc(-c3ccccc3)c2)C1. The van der Waals surface area contributed by atoms with Gasteiger partial charge in [-0.2, -0.15) is 0 Å². The van der Waals surface area contributed by atoms with E-state index in [1.54, 1.807) is 24.4 Å². The van der Waals surface area contributed by atoms with Crippen molar-refractivity contribution in [2.24, 2.45) is 11.5 Å². The van der Waals surface area contributed by atoms with Gasteiger partial charge in [0.2, 0.25) is 5.91 Å². The minimum atomic E-state index is -1.57. The van der Waals surface area contributed by atoms with Crippen LogP contribution in [0.1, 0.15) is 58.1 Å². The number of hydrogen-bond acceptors (Lipinski definition) is 8. The van der Waals surface area contributed by atoms with E-state index in [0.29, 0.717) is 49.5 Å². The fourth-order valence-electron chi connectivity index (χ4n) is 6.25. The van der Waals surface area contributed by atoms with Crippen molar-refractivity contribution in [1.29, 1.82) is 0 Å². The Morgan fingerprint density at radius 3 is 2.55 bits per heavy atom. The van der Waals surface area contributed by atoms with Gasteiger partial charge in [-0.05, 0) is 61.1 Å². The standard InChI is InChI=1S/C32H32N6O3S/c1-2-24(39)37-19-9-6-10-20(16-19)38-31(41)29-26-25-21(11-12-22(33)28(25)42-29)32(35,30(40)27(26)34)18-13-14-36-23(15-18)17-7-4-3-5-8-17/h2-5,7-8,11-15,19-20,27H,1,6,9-10,16,33-35H2,(H,37,39)(H,38,41)/t19-,20+,27?,32?/m0/s1. The molecule has 0 spiro atoms. The lowest BCUT2D eigenvalue weighted by Crippen LogP contribution is -2.52. The van der Waals surface area contributed by atoms with E-state index in [1.165, 1.54) is 17.4 Å². The molecule has 214 valence electrons. The van der Waals surface area contributed by atoms with Gasteiger partial charge < -0.3 is 27.8 Å². The van der Waals surface area contributed by atoms with E-state index in [1.807, 2.05) is 36.4 Å². The van der Waals surface area contributed by atoms with E-state index >= 15 is 0 Å². The molecule has 0 bridgehead atoms. The molecule has 9 nitrogen and oxygen atoms in total. The highest BCUT2D eigenvalue weighted by Crippen LogP contribution is 2.49. The molecule has 2 amide bonds. The van der Waals surface area contributed by atoms with Crippen LogP contribution in [0.25, 0.3) is 21.3 Å². The number of ketones is 1. The van der Waals surface area contributed by atoms with Crippen LogP contribution < -0.4 is 27.8 Å². The van der Waals surface area contributed by atoms with E-state index < -0.39 is 17.4 Å². The first-order chi connectivity index (χ1) is 20.2. The van der Waals surface area contributed by atoms with Crippen molar-refractivity contribution in [3.8, 4) is 11.3 Å². The zero-order chi connectivity index (χ0) is 29.6. The van der Waals surface area contributed by atoms with Crippen molar-refractivity contribution in [2.45, 2.75) is 49.3 Å². The van der Waals surface area contributed by atoms with Gasteiger partial charge >= 0.3 is 0 Å². The lowest BCUT2D eigenvalue weighted by atomic mass is 9.70. The Labute approximate surface area is 247 Å². The number of thiophene rings is 1. The van der Waals surface area contributed by atoms with Crippen LogP contribution in [-0.2, 0) is 15.1 Å². The van der Waals surface area contributed by atoms with Crippen molar-refractivity contribution in [1.82, 2.24) is 15.6 Å². The summed E-state index contributed by atoms with van der Waals surface area (Å²) in [5.74, 6) is -0.965. The molecule has 2 aliphatic rings. The predicted octanol–water partition coefficient (Wildman–Crippen LogP) is 3.67. The number of nitrogens with zero attached hydrogens (tertiary/aromatic N) is 1. The number of nitrogens with one attached hydrogen (secondary N) is 2. The van der Waals surface area contributed by atoms with Gasteiger partial charge in [0.25, 0.3) is 5.91 Å². The molecule has 1 fully saturated rings. The van der Waals surface area contributed by atoms with Crippen molar-refractivity contribution in [2.75, 3.05) is 5.73 Å². The number of nitrogen functional groups attached to an aromatic ring is 1. The summed E-state index contributed by atoms with van der Waals surface area (Å²) in [6.07, 6.45) is 5.95. The van der Waals surface area contributed by atoms with Gasteiger partial charge in [-0.15, -0.1) is 11.3 Å². The number of carbonyl (C=O) groups is 3. The first-order valence-corrected chi connectivity index (χ1v) is 14.7. The van der Waals surface area contributed by atoms with E-state index in [2.05, 4.69) is 22.2 Å². The van der Waals surface area contributed by atoms with Gasteiger partial charge in [-0.25, -0.2) is 0 Å². The molecule has 10 heteroatoms. The van der Waals surface area contributed by atoms with Crippen LogP contribution in [0.15, 0.2) is 73.4 Å². The molecule has 0 radical (unpaired) electrons. The molecule has 2 unspecified atom stereocenters. The Kier molecular flexibility index (Phi) is 7.14. The number of Topliss-reactive ketones (excluding diaryl/α,β-unsaturated/α-hetero) is 1. The van der Waals surface area contributed by atoms with Crippen LogP contribution >= 0.6 is 11.3 Å². The van der Waals surface area contributed by atoms with Gasteiger partial charge in [0.15, 0.2) is 5.78 Å². The normalized spacial score (nSPS) is 23.4. The number of amides is 2. The highest BCUT2D eigenvalue weighted by Gasteiger charge is 2.49. The third kappa shape index (κ3) is 4.57. The van der Waals surface area contributed by atoms with Crippen molar-refractivity contribution >= 4 is 44.7 Å². The number of carbonyl (C=O) groups excluding carboxylic acids is 3. The maximum Gasteiger partial charge on any atom is 0.261 e. The number of nitrogens with two attached hydrogens (primary N) is 3. The van der Waals surface area contributed by atoms with Crippen LogP contribution in [0.5, 0.6) is 0 Å². The molecule has 2 aliphatic carbocycles. The van der Waals surface area contributed by atoms with Gasteiger partial charge in [0.1, 0.15) is 5.54 Å². The number of pyridine rings is 1. The predicted molar refractivity (Wildman–Crippen MR) is 165 cm³/mol. The summed E-state index contributed by atoms with van der Waals surface area (Å²) in [7, 11) is 0. The second-order valence-electron chi connectivity index (χ2n) is 10.9. The molecule has 6 rings (SSSR count). The fraction of sp³-hybridized carbons (Fsp3) is 0.250. The van der Waals surface area contributed by atoms with Crippen LogP contribution in [-0.4, -0.2) is 34.7 Å². The van der Waals surface area contributed by atoms with E-state index in [-0.39, 0.29) is 23.9 Å². The molecule has 1 saturated carbocycles. The van der Waals surface area contributed by atoms with Crippen LogP contribution in [0, 0.1) is 0 Å². The molecule has 2 aromatic heterocycles. The largest absolute Gasteiger partial charge is 0.398 e. The van der Waals surface area contributed by atoms with Crippen LogP contribution in [0.4, 0.5) is 5.69 Å². The van der Waals surface area contributed by atoms with E-state index in [0.717, 1.165) is 24.8 Å². The van der Waals surface area contributed by atoms with E-state index in [9.17, 15) is 14.4 Å². The second kappa shape index (κ2) is 10.8. The summed E-state index contributed by atoms with van der Waals surface area (Å²) >= 11 is 1.22. The molecular weight excluding hydrogens is 548 g/mol. The summed E-state index contributed by atoms with van der Waals surface area (Å²) in [5.41, 5.74) is 22.1. The molecule has 8 N–H and O–H groups in total. The monoisotopic (exact) mass is 580 g/mol. The lowest BCUT2D eigenvalue weighted by molar-refractivity contribution is -0.124. The summed E-state index contributed by atoms with van der Waals surface area (Å²) in [6, 6.07) is 15.3. The van der Waals surface area contributed by atoms with E-state index in [4.69, 9.17) is 17.2 Å². The number of hydrogen-bond donors (Lipinski definition) is 5. The molecule has 2 heterocycles. The van der Waals surface area contributed by atoms with Crippen molar-refractivity contribution in [3.63, 3.8) is 0 Å². The lowest BCUT2D eigenvalue weighted by Gasteiger charge is -2.36. The molecule has 0 aliphatic heterocycles. The fourth-order valence-corrected chi connectivity index (χ4v) is 7.46. The highest BCUT2D eigenvalue weighted by molar-refractivity contribution is 7.21. The first kappa shape index (κ1) is 27.8. The maximum atomic E-state index is 14.1. The third-order valence-corrected chi connectivity index (χ3v) is 9.60. The molecule has 0 saturated heterocycles. The van der Waals surface area contributed by atoms with Gasteiger partial charge in [-0.1, -0.05) is 43.0 Å². The smallest absolute Gasteiger partial charge is 0.261 e. The second-order valence-corrected chi connectivity index (χ2v) is 12.0. The van der Waals surface area contributed by atoms with Crippen molar-refractivity contribution in [3.05, 3.63) is 95.0 Å². The minimum Gasteiger partial charge on any atom is -0.398 e. The molecule has 4 aromatic rings. The average molecular weight is 581 g/mol. The van der Waals surface area contributed by atoms with Gasteiger partial charge in [0, 0.05) is 40.5 Å². The number of anilines is 1. The number of rotatable bonds is 6. The van der Waals surface area contributed by atoms with Crippen LogP contribution in [0.3, 0.4) is 0 Å². The zero-order valence-corrected chi connectivity index (χ0v) is 23.7. The van der Waals surface area contributed by atoms with Crippen molar-refractivity contribution < 1.29 is 14.4 Å².